The maximum absolute atomic E-state index is 13.3. The molecule has 1 heterocycles. The smallest absolute Gasteiger partial charge is 0.408 e. The fourth-order valence-corrected chi connectivity index (χ4v) is 2.26. The number of rotatable bonds is 4. The molecule has 2 rings (SSSR count). The Morgan fingerprint density at radius 2 is 1.95 bits per heavy atom. The number of hydrogen-bond acceptors (Lipinski definition) is 3. The molecule has 116 valence electrons. The fourth-order valence-electron chi connectivity index (χ4n) is 2.26. The van der Waals surface area contributed by atoms with Crippen molar-refractivity contribution >= 4 is 5.69 Å². The van der Waals surface area contributed by atoms with Crippen molar-refractivity contribution in [3.8, 4) is 5.75 Å². The topological polar surface area (TPSA) is 30.5 Å². The predicted molar refractivity (Wildman–Crippen MR) is 74.5 cm³/mol. The van der Waals surface area contributed by atoms with Crippen molar-refractivity contribution in [2.24, 2.45) is 5.92 Å². The average Bonchev–Trinajstić information content (AvgIpc) is 2.73. The molecule has 3 nitrogen and oxygen atoms in total. The standard InChI is InChI=1S/C15H18F3NO2/c1-20-13-7-5-12(6-8-13)19-14(15(16,17)18)11-4-2-3-9-21-10-11/h2-3,5-8,11,14,19H,4,9-10H2,1H3/t11?,14-/m0/s1. The SMILES string of the molecule is COc1ccc(N[C@@H](C2CC=CCOC2)C(F)(F)F)cc1. The van der Waals surface area contributed by atoms with E-state index in [9.17, 15) is 13.2 Å². The van der Waals surface area contributed by atoms with E-state index in [1.165, 1.54) is 7.11 Å². The first-order valence-corrected chi connectivity index (χ1v) is 6.71. The maximum Gasteiger partial charge on any atom is 0.408 e. The summed E-state index contributed by atoms with van der Waals surface area (Å²) in [5.41, 5.74) is 0.409. The number of benzene rings is 1. The summed E-state index contributed by atoms with van der Waals surface area (Å²) in [6.07, 6.45) is -0.508. The van der Waals surface area contributed by atoms with Crippen LogP contribution in [0.3, 0.4) is 0 Å². The summed E-state index contributed by atoms with van der Waals surface area (Å²) in [4.78, 5) is 0. The maximum atomic E-state index is 13.3. The van der Waals surface area contributed by atoms with Gasteiger partial charge in [-0.25, -0.2) is 0 Å². The molecule has 1 N–H and O–H groups in total. The van der Waals surface area contributed by atoms with E-state index in [1.807, 2.05) is 0 Å². The van der Waals surface area contributed by atoms with Crippen LogP contribution in [0.15, 0.2) is 36.4 Å². The van der Waals surface area contributed by atoms with E-state index in [-0.39, 0.29) is 6.61 Å². The van der Waals surface area contributed by atoms with Crippen molar-refractivity contribution in [1.82, 2.24) is 0 Å². The first-order chi connectivity index (χ1) is 10.0. The van der Waals surface area contributed by atoms with E-state index in [2.05, 4.69) is 5.32 Å². The minimum Gasteiger partial charge on any atom is -0.497 e. The lowest BCUT2D eigenvalue weighted by atomic mass is 9.96. The highest BCUT2D eigenvalue weighted by Crippen LogP contribution is 2.32. The second-order valence-corrected chi connectivity index (χ2v) is 4.90. The van der Waals surface area contributed by atoms with Crippen LogP contribution in [0, 0.1) is 5.92 Å². The molecule has 1 aliphatic heterocycles. The van der Waals surface area contributed by atoms with E-state index in [1.54, 1.807) is 36.4 Å². The zero-order chi connectivity index (χ0) is 15.3. The summed E-state index contributed by atoms with van der Waals surface area (Å²) in [5, 5.41) is 2.57. The molecule has 2 atom stereocenters. The lowest BCUT2D eigenvalue weighted by Crippen LogP contribution is -2.44. The Labute approximate surface area is 121 Å². The predicted octanol–water partition coefficient (Wildman–Crippen LogP) is 3.63. The Balaban J connectivity index is 2.13. The van der Waals surface area contributed by atoms with Gasteiger partial charge >= 0.3 is 6.18 Å². The van der Waals surface area contributed by atoms with Crippen molar-refractivity contribution in [2.45, 2.75) is 18.6 Å². The van der Waals surface area contributed by atoms with Gasteiger partial charge in [0, 0.05) is 11.6 Å². The second-order valence-electron chi connectivity index (χ2n) is 4.90. The third-order valence-electron chi connectivity index (χ3n) is 3.39. The minimum atomic E-state index is -4.34. The first kappa shape index (κ1) is 15.7. The third-order valence-corrected chi connectivity index (χ3v) is 3.39. The van der Waals surface area contributed by atoms with Crippen LogP contribution in [0.2, 0.25) is 0 Å². The van der Waals surface area contributed by atoms with Gasteiger partial charge in [0.05, 0.1) is 20.3 Å². The Bertz CT molecular complexity index is 471. The molecule has 0 fully saturated rings. The zero-order valence-corrected chi connectivity index (χ0v) is 11.7. The van der Waals surface area contributed by atoms with Gasteiger partial charge in [0.1, 0.15) is 11.8 Å². The molecular weight excluding hydrogens is 283 g/mol. The summed E-state index contributed by atoms with van der Waals surface area (Å²) in [5.74, 6) is -0.0457. The molecule has 6 heteroatoms. The number of ether oxygens (including phenoxy) is 2. The van der Waals surface area contributed by atoms with Crippen LogP contribution in [0.1, 0.15) is 6.42 Å². The molecule has 1 unspecified atom stereocenters. The van der Waals surface area contributed by atoms with Gasteiger partial charge < -0.3 is 14.8 Å². The van der Waals surface area contributed by atoms with Crippen LogP contribution in [0.25, 0.3) is 0 Å². The molecule has 1 aliphatic rings. The first-order valence-electron chi connectivity index (χ1n) is 6.71. The molecule has 1 aromatic rings. The summed E-state index contributed by atoms with van der Waals surface area (Å²) < 4.78 is 50.1. The van der Waals surface area contributed by atoms with Gasteiger partial charge in [-0.1, -0.05) is 12.2 Å². The van der Waals surface area contributed by atoms with E-state index in [0.29, 0.717) is 24.5 Å². The fraction of sp³-hybridized carbons (Fsp3) is 0.467. The monoisotopic (exact) mass is 301 g/mol. The molecule has 0 spiro atoms. The normalized spacial score (nSPS) is 20.7. The number of nitrogens with one attached hydrogen (secondary N) is 1. The molecule has 0 radical (unpaired) electrons. The van der Waals surface area contributed by atoms with E-state index < -0.39 is 18.1 Å². The molecule has 0 amide bonds. The van der Waals surface area contributed by atoms with Crippen molar-refractivity contribution in [2.75, 3.05) is 25.6 Å². The lowest BCUT2D eigenvalue weighted by molar-refractivity contribution is -0.157. The van der Waals surface area contributed by atoms with Crippen LogP contribution in [-0.2, 0) is 4.74 Å². The number of alkyl halides is 3. The number of allylic oxidation sites excluding steroid dienone is 1. The summed E-state index contributed by atoms with van der Waals surface area (Å²) >= 11 is 0. The van der Waals surface area contributed by atoms with Crippen LogP contribution >= 0.6 is 0 Å². The zero-order valence-electron chi connectivity index (χ0n) is 11.7. The molecule has 1 aromatic carbocycles. The van der Waals surface area contributed by atoms with Crippen LogP contribution in [0.5, 0.6) is 5.75 Å². The van der Waals surface area contributed by atoms with Gasteiger partial charge in [-0.05, 0) is 30.7 Å². The highest BCUT2D eigenvalue weighted by Gasteiger charge is 2.44. The van der Waals surface area contributed by atoms with Crippen molar-refractivity contribution in [3.63, 3.8) is 0 Å². The van der Waals surface area contributed by atoms with Gasteiger partial charge in [-0.2, -0.15) is 13.2 Å². The molecule has 0 saturated carbocycles. The number of halogens is 3. The molecular formula is C15H18F3NO2. The molecule has 0 aromatic heterocycles. The Kier molecular flexibility index (Phi) is 5.12. The van der Waals surface area contributed by atoms with E-state index in [0.717, 1.165) is 0 Å². The van der Waals surface area contributed by atoms with Gasteiger partial charge in [-0.15, -0.1) is 0 Å². The summed E-state index contributed by atoms with van der Waals surface area (Å²) in [7, 11) is 1.51. The molecule has 21 heavy (non-hydrogen) atoms. The average molecular weight is 301 g/mol. The summed E-state index contributed by atoms with van der Waals surface area (Å²) in [6, 6.07) is 4.75. The summed E-state index contributed by atoms with van der Waals surface area (Å²) in [6.45, 7) is 0.448. The Hall–Kier alpha value is -1.69. The number of hydrogen-bond donors (Lipinski definition) is 1. The van der Waals surface area contributed by atoms with E-state index >= 15 is 0 Å². The molecule has 0 aliphatic carbocycles. The molecule has 0 saturated heterocycles. The minimum absolute atomic E-state index is 0.0837. The van der Waals surface area contributed by atoms with Crippen LogP contribution < -0.4 is 10.1 Å². The van der Waals surface area contributed by atoms with Crippen LogP contribution in [0.4, 0.5) is 18.9 Å². The molecule has 0 bridgehead atoms. The Morgan fingerprint density at radius 3 is 2.57 bits per heavy atom. The van der Waals surface area contributed by atoms with Gasteiger partial charge in [-0.3, -0.25) is 0 Å². The largest absolute Gasteiger partial charge is 0.497 e. The van der Waals surface area contributed by atoms with Gasteiger partial charge in [0.15, 0.2) is 0 Å². The number of anilines is 1. The van der Waals surface area contributed by atoms with E-state index in [4.69, 9.17) is 9.47 Å². The van der Waals surface area contributed by atoms with Gasteiger partial charge in [0.25, 0.3) is 0 Å². The van der Waals surface area contributed by atoms with Crippen LogP contribution in [-0.4, -0.2) is 32.5 Å². The quantitative estimate of drug-likeness (QED) is 0.861. The van der Waals surface area contributed by atoms with Gasteiger partial charge in [0.2, 0.25) is 0 Å². The third kappa shape index (κ3) is 4.39. The van der Waals surface area contributed by atoms with Crippen molar-refractivity contribution < 1.29 is 22.6 Å². The van der Waals surface area contributed by atoms with Crippen molar-refractivity contribution in [1.29, 1.82) is 0 Å². The second kappa shape index (κ2) is 6.85. The highest BCUT2D eigenvalue weighted by atomic mass is 19.4. The van der Waals surface area contributed by atoms with Crippen molar-refractivity contribution in [3.05, 3.63) is 36.4 Å². The Morgan fingerprint density at radius 1 is 1.24 bits per heavy atom. The number of methoxy groups -OCH3 is 1. The lowest BCUT2D eigenvalue weighted by Gasteiger charge is -2.29. The highest BCUT2D eigenvalue weighted by molar-refractivity contribution is 5.47.